The molecule has 0 saturated carbocycles. The van der Waals surface area contributed by atoms with Crippen LogP contribution in [0.1, 0.15) is 32.3 Å². The van der Waals surface area contributed by atoms with Crippen molar-refractivity contribution in [2.75, 3.05) is 18.5 Å². The smallest absolute Gasteiger partial charge is 0.126 e. The molecule has 1 heterocycles. The van der Waals surface area contributed by atoms with Gasteiger partial charge in [0.05, 0.1) is 6.61 Å². The summed E-state index contributed by atoms with van der Waals surface area (Å²) in [6.45, 7) is 7.27. The number of hydrogen-bond donors (Lipinski definition) is 2. The number of aliphatic hydroxyl groups excluding tert-OH is 1. The van der Waals surface area contributed by atoms with Crippen LogP contribution < -0.4 is 5.32 Å². The Labute approximate surface area is 97.9 Å². The largest absolute Gasteiger partial charge is 0.396 e. The van der Waals surface area contributed by atoms with Crippen molar-refractivity contribution in [2.24, 2.45) is 5.41 Å². The molecule has 3 nitrogen and oxygen atoms in total. The highest BCUT2D eigenvalue weighted by Crippen LogP contribution is 2.25. The van der Waals surface area contributed by atoms with Crippen LogP contribution in [-0.4, -0.2) is 23.2 Å². The fraction of sp³-hybridized carbons (Fsp3) is 0.615. The summed E-state index contributed by atoms with van der Waals surface area (Å²) in [6.07, 6.45) is 3.74. The molecule has 0 aromatic carbocycles. The third-order valence-corrected chi connectivity index (χ3v) is 3.40. The minimum atomic E-state index is -0.0224. The van der Waals surface area contributed by atoms with Crippen molar-refractivity contribution in [3.8, 4) is 0 Å². The molecule has 3 heteroatoms. The first-order valence-corrected chi connectivity index (χ1v) is 5.93. The lowest BCUT2D eigenvalue weighted by molar-refractivity contribution is 0.127. The van der Waals surface area contributed by atoms with Crippen molar-refractivity contribution in [1.29, 1.82) is 0 Å². The van der Waals surface area contributed by atoms with Gasteiger partial charge in [0.15, 0.2) is 0 Å². The number of nitrogens with one attached hydrogen (secondary N) is 1. The van der Waals surface area contributed by atoms with Gasteiger partial charge in [-0.1, -0.05) is 13.8 Å². The molecule has 0 unspecified atom stereocenters. The van der Waals surface area contributed by atoms with E-state index >= 15 is 0 Å². The minimum absolute atomic E-state index is 0.0224. The lowest BCUT2D eigenvalue weighted by Crippen LogP contribution is -2.32. The van der Waals surface area contributed by atoms with Crippen LogP contribution >= 0.6 is 0 Å². The summed E-state index contributed by atoms with van der Waals surface area (Å²) in [5.41, 5.74) is 1.17. The highest BCUT2D eigenvalue weighted by Gasteiger charge is 2.24. The van der Waals surface area contributed by atoms with E-state index in [2.05, 4.69) is 24.1 Å². The highest BCUT2D eigenvalue weighted by molar-refractivity contribution is 5.37. The molecule has 1 rings (SSSR count). The topological polar surface area (TPSA) is 45.1 Å². The van der Waals surface area contributed by atoms with Crippen LogP contribution in [0.3, 0.4) is 0 Å². The third kappa shape index (κ3) is 3.20. The third-order valence-electron chi connectivity index (χ3n) is 3.40. The van der Waals surface area contributed by atoms with Crippen molar-refractivity contribution in [3.63, 3.8) is 0 Å². The average molecular weight is 222 g/mol. The molecule has 0 aliphatic heterocycles. The summed E-state index contributed by atoms with van der Waals surface area (Å²) in [5, 5.41) is 12.8. The number of pyridine rings is 1. The Morgan fingerprint density at radius 2 is 2.06 bits per heavy atom. The molecule has 90 valence electrons. The van der Waals surface area contributed by atoms with E-state index in [9.17, 15) is 5.11 Å². The van der Waals surface area contributed by atoms with Crippen LogP contribution in [0, 0.1) is 12.3 Å². The maximum absolute atomic E-state index is 9.45. The summed E-state index contributed by atoms with van der Waals surface area (Å²) >= 11 is 0. The molecule has 0 spiro atoms. The van der Waals surface area contributed by atoms with E-state index in [0.717, 1.165) is 25.2 Å². The molecule has 1 aromatic rings. The van der Waals surface area contributed by atoms with Crippen LogP contribution in [0.5, 0.6) is 0 Å². The SMILES string of the molecule is CCC(CC)(CO)CNc1cc(C)ccn1. The zero-order valence-electron chi connectivity index (χ0n) is 10.5. The lowest BCUT2D eigenvalue weighted by atomic mass is 9.83. The Morgan fingerprint density at radius 1 is 1.38 bits per heavy atom. The van der Waals surface area contributed by atoms with E-state index < -0.39 is 0 Å². The van der Waals surface area contributed by atoms with Crippen LogP contribution in [0.4, 0.5) is 5.82 Å². The van der Waals surface area contributed by atoms with E-state index in [4.69, 9.17) is 0 Å². The van der Waals surface area contributed by atoms with Gasteiger partial charge in [0.1, 0.15) is 5.82 Å². The summed E-state index contributed by atoms with van der Waals surface area (Å²) in [7, 11) is 0. The second kappa shape index (κ2) is 5.85. The van der Waals surface area contributed by atoms with Gasteiger partial charge in [-0.05, 0) is 37.5 Å². The summed E-state index contributed by atoms with van der Waals surface area (Å²) in [4.78, 5) is 4.25. The zero-order valence-corrected chi connectivity index (χ0v) is 10.5. The molecule has 1 aromatic heterocycles. The monoisotopic (exact) mass is 222 g/mol. The van der Waals surface area contributed by atoms with Crippen LogP contribution in [0.25, 0.3) is 0 Å². The fourth-order valence-electron chi connectivity index (χ4n) is 1.69. The van der Waals surface area contributed by atoms with Crippen molar-refractivity contribution in [2.45, 2.75) is 33.6 Å². The Balaban J connectivity index is 2.62. The number of hydrogen-bond acceptors (Lipinski definition) is 3. The second-order valence-electron chi connectivity index (χ2n) is 4.44. The second-order valence-corrected chi connectivity index (χ2v) is 4.44. The standard InChI is InChI=1S/C13H22N2O/c1-4-13(5-2,10-16)9-15-12-8-11(3)6-7-14-12/h6-8,16H,4-5,9-10H2,1-3H3,(H,14,15). The minimum Gasteiger partial charge on any atom is -0.396 e. The van der Waals surface area contributed by atoms with E-state index in [0.29, 0.717) is 0 Å². The van der Waals surface area contributed by atoms with Crippen molar-refractivity contribution in [1.82, 2.24) is 4.98 Å². The van der Waals surface area contributed by atoms with Crippen molar-refractivity contribution in [3.05, 3.63) is 23.9 Å². The summed E-state index contributed by atoms with van der Waals surface area (Å²) < 4.78 is 0. The average Bonchev–Trinajstić information content (AvgIpc) is 2.32. The number of rotatable bonds is 6. The first-order chi connectivity index (χ1) is 7.65. The first kappa shape index (κ1) is 13.0. The van der Waals surface area contributed by atoms with E-state index in [1.807, 2.05) is 19.1 Å². The van der Waals surface area contributed by atoms with E-state index in [-0.39, 0.29) is 12.0 Å². The Bertz CT molecular complexity index is 313. The molecular weight excluding hydrogens is 200 g/mol. The van der Waals surface area contributed by atoms with Crippen molar-refractivity contribution < 1.29 is 5.11 Å². The van der Waals surface area contributed by atoms with E-state index in [1.54, 1.807) is 6.20 Å². The maximum atomic E-state index is 9.45. The molecule has 0 bridgehead atoms. The van der Waals surface area contributed by atoms with Crippen molar-refractivity contribution >= 4 is 5.82 Å². The predicted molar refractivity (Wildman–Crippen MR) is 67.6 cm³/mol. The van der Waals surface area contributed by atoms with Gasteiger partial charge in [0.2, 0.25) is 0 Å². The molecule has 0 radical (unpaired) electrons. The molecular formula is C13H22N2O. The van der Waals surface area contributed by atoms with E-state index in [1.165, 1.54) is 5.56 Å². The van der Waals surface area contributed by atoms with Gasteiger partial charge < -0.3 is 10.4 Å². The fourth-order valence-corrected chi connectivity index (χ4v) is 1.69. The molecule has 0 aliphatic carbocycles. The Hall–Kier alpha value is -1.09. The summed E-state index contributed by atoms with van der Waals surface area (Å²) in [6, 6.07) is 4.00. The van der Waals surface area contributed by atoms with Gasteiger partial charge in [-0.2, -0.15) is 0 Å². The summed E-state index contributed by atoms with van der Waals surface area (Å²) in [5.74, 6) is 0.889. The van der Waals surface area contributed by atoms with Crippen LogP contribution in [0.15, 0.2) is 18.3 Å². The Kier molecular flexibility index (Phi) is 4.74. The van der Waals surface area contributed by atoms with Gasteiger partial charge >= 0.3 is 0 Å². The number of aryl methyl sites for hydroxylation is 1. The van der Waals surface area contributed by atoms with Gasteiger partial charge in [0, 0.05) is 18.2 Å². The molecule has 16 heavy (non-hydrogen) atoms. The lowest BCUT2D eigenvalue weighted by Gasteiger charge is -2.29. The normalized spacial score (nSPS) is 11.5. The number of aliphatic hydroxyl groups is 1. The maximum Gasteiger partial charge on any atom is 0.126 e. The van der Waals surface area contributed by atoms with Crippen LogP contribution in [-0.2, 0) is 0 Å². The first-order valence-electron chi connectivity index (χ1n) is 5.93. The zero-order chi connectivity index (χ0) is 12.0. The van der Waals surface area contributed by atoms with Gasteiger partial charge in [-0.15, -0.1) is 0 Å². The molecule has 0 atom stereocenters. The molecule has 2 N–H and O–H groups in total. The number of nitrogens with zero attached hydrogens (tertiary/aromatic N) is 1. The number of aromatic nitrogens is 1. The quantitative estimate of drug-likeness (QED) is 0.777. The molecule has 0 aliphatic rings. The van der Waals surface area contributed by atoms with Gasteiger partial charge in [0.25, 0.3) is 0 Å². The molecule has 0 fully saturated rings. The Morgan fingerprint density at radius 3 is 2.56 bits per heavy atom. The highest BCUT2D eigenvalue weighted by atomic mass is 16.3. The number of anilines is 1. The molecule has 0 amide bonds. The van der Waals surface area contributed by atoms with Gasteiger partial charge in [-0.3, -0.25) is 0 Å². The molecule has 0 saturated heterocycles. The van der Waals surface area contributed by atoms with Crippen LogP contribution in [0.2, 0.25) is 0 Å². The van der Waals surface area contributed by atoms with Gasteiger partial charge in [-0.25, -0.2) is 4.98 Å². The predicted octanol–water partition coefficient (Wildman–Crippen LogP) is 2.60.